The number of ketones is 1. The number of nitrogens with zero attached hydrogens (tertiary/aromatic N) is 2. The van der Waals surface area contributed by atoms with E-state index >= 15 is 0 Å². The van der Waals surface area contributed by atoms with Crippen LogP contribution in [-0.2, 0) is 17.6 Å². The maximum Gasteiger partial charge on any atom is 0.217 e. The Hall–Kier alpha value is -2.86. The molecule has 0 unspecified atom stereocenters. The molecule has 0 bridgehead atoms. The van der Waals surface area contributed by atoms with E-state index in [4.69, 9.17) is 5.73 Å². The highest BCUT2D eigenvalue weighted by atomic mass is 32.1. The van der Waals surface area contributed by atoms with Crippen LogP contribution in [0.2, 0.25) is 0 Å². The number of Topliss-reactive ketones (excluding diaryl/α,β-unsaturated/α-hetero) is 1. The van der Waals surface area contributed by atoms with Gasteiger partial charge in [0.25, 0.3) is 0 Å². The van der Waals surface area contributed by atoms with E-state index in [-0.39, 0.29) is 18.1 Å². The summed E-state index contributed by atoms with van der Waals surface area (Å²) < 4.78 is 0. The van der Waals surface area contributed by atoms with Gasteiger partial charge in [-0.1, -0.05) is 54.6 Å². The van der Waals surface area contributed by atoms with Crippen molar-refractivity contribution in [3.8, 4) is 0 Å². The first kappa shape index (κ1) is 21.4. The summed E-state index contributed by atoms with van der Waals surface area (Å²) in [5.74, 6) is 0.790. The minimum Gasteiger partial charge on any atom is -0.370 e. The molecule has 5 nitrogen and oxygen atoms in total. The summed E-state index contributed by atoms with van der Waals surface area (Å²) in [6.45, 7) is 0. The van der Waals surface area contributed by atoms with Crippen molar-refractivity contribution in [2.75, 3.05) is 0 Å². The molecule has 6 heteroatoms. The Bertz CT molecular complexity index is 1020. The van der Waals surface area contributed by atoms with Gasteiger partial charge in [-0.2, -0.15) is 0 Å². The van der Waals surface area contributed by atoms with E-state index < -0.39 is 0 Å². The van der Waals surface area contributed by atoms with E-state index in [2.05, 4.69) is 34.5 Å². The first-order chi connectivity index (χ1) is 15.1. The van der Waals surface area contributed by atoms with Crippen molar-refractivity contribution in [1.82, 2.24) is 10.2 Å². The Morgan fingerprint density at radius 1 is 0.903 bits per heavy atom. The van der Waals surface area contributed by atoms with Gasteiger partial charge < -0.3 is 5.73 Å². The predicted octanol–water partition coefficient (Wildman–Crippen LogP) is 4.70. The molecule has 0 saturated heterocycles. The molecular formula is C25H27N3O2S. The lowest BCUT2D eigenvalue weighted by atomic mass is 9.77. The van der Waals surface area contributed by atoms with Gasteiger partial charge in [0.15, 0.2) is 5.78 Å². The van der Waals surface area contributed by atoms with Crippen molar-refractivity contribution in [1.29, 1.82) is 0 Å². The van der Waals surface area contributed by atoms with E-state index in [9.17, 15) is 9.59 Å². The molecule has 31 heavy (non-hydrogen) atoms. The van der Waals surface area contributed by atoms with Gasteiger partial charge in [0.05, 0.1) is 6.42 Å². The van der Waals surface area contributed by atoms with Gasteiger partial charge in [-0.05, 0) is 48.6 Å². The van der Waals surface area contributed by atoms with Gasteiger partial charge >= 0.3 is 0 Å². The number of hydrogen-bond donors (Lipinski definition) is 1. The van der Waals surface area contributed by atoms with Gasteiger partial charge in [0.1, 0.15) is 10.0 Å². The molecule has 1 saturated carbocycles. The Morgan fingerprint density at radius 2 is 1.58 bits per heavy atom. The van der Waals surface area contributed by atoms with Crippen LogP contribution in [0.3, 0.4) is 0 Å². The van der Waals surface area contributed by atoms with Crippen LogP contribution in [0, 0.1) is 5.92 Å². The smallest absolute Gasteiger partial charge is 0.217 e. The molecule has 0 radical (unpaired) electrons. The zero-order chi connectivity index (χ0) is 21.6. The molecule has 1 aliphatic carbocycles. The lowest BCUT2D eigenvalue weighted by Gasteiger charge is -2.28. The summed E-state index contributed by atoms with van der Waals surface area (Å²) in [4.78, 5) is 23.8. The topological polar surface area (TPSA) is 85.9 Å². The van der Waals surface area contributed by atoms with Crippen LogP contribution in [0.5, 0.6) is 0 Å². The van der Waals surface area contributed by atoms with Crippen LogP contribution in [0.15, 0.2) is 54.6 Å². The second kappa shape index (κ2) is 9.96. The minimum absolute atomic E-state index is 0.0686. The molecule has 3 aromatic rings. The molecule has 160 valence electrons. The van der Waals surface area contributed by atoms with Crippen LogP contribution in [0.25, 0.3) is 0 Å². The Labute approximate surface area is 186 Å². The largest absolute Gasteiger partial charge is 0.370 e. The molecule has 0 aliphatic heterocycles. The number of carbonyl (C=O) groups excluding carboxylic acids is 2. The first-order valence-corrected chi connectivity index (χ1v) is 11.6. The summed E-state index contributed by atoms with van der Waals surface area (Å²) in [6, 6.07) is 18.2. The third-order valence-electron chi connectivity index (χ3n) is 6.06. The SMILES string of the molecule is NC(=O)CC1CCC(c2ccc(C(=O)Cc3nnc(Cc4ccccc4)s3)cc2)CC1. The third-order valence-corrected chi connectivity index (χ3v) is 6.98. The van der Waals surface area contributed by atoms with Crippen LogP contribution in [-0.4, -0.2) is 21.9 Å². The third kappa shape index (κ3) is 5.85. The van der Waals surface area contributed by atoms with Gasteiger partial charge in [0, 0.05) is 18.4 Å². The van der Waals surface area contributed by atoms with Crippen LogP contribution in [0.1, 0.15) is 69.5 Å². The monoisotopic (exact) mass is 433 g/mol. The Morgan fingerprint density at radius 3 is 2.26 bits per heavy atom. The van der Waals surface area contributed by atoms with Crippen molar-refractivity contribution >= 4 is 23.0 Å². The highest BCUT2D eigenvalue weighted by Crippen LogP contribution is 2.37. The van der Waals surface area contributed by atoms with Crippen LogP contribution >= 0.6 is 11.3 Å². The molecule has 2 N–H and O–H groups in total. The van der Waals surface area contributed by atoms with Crippen molar-refractivity contribution in [2.45, 2.75) is 50.9 Å². The number of rotatable bonds is 8. The number of primary amides is 1. The highest BCUT2D eigenvalue weighted by Gasteiger charge is 2.23. The highest BCUT2D eigenvalue weighted by molar-refractivity contribution is 7.11. The minimum atomic E-state index is -0.200. The first-order valence-electron chi connectivity index (χ1n) is 10.8. The number of amides is 1. The fourth-order valence-electron chi connectivity index (χ4n) is 4.37. The second-order valence-electron chi connectivity index (χ2n) is 8.36. The number of benzene rings is 2. The molecule has 2 aromatic carbocycles. The lowest BCUT2D eigenvalue weighted by molar-refractivity contribution is -0.119. The van der Waals surface area contributed by atoms with Crippen LogP contribution in [0.4, 0.5) is 0 Å². The maximum atomic E-state index is 12.7. The van der Waals surface area contributed by atoms with Crippen molar-refractivity contribution in [3.63, 3.8) is 0 Å². The standard InChI is InChI=1S/C25H27N3O2S/c26-23(30)14-18-6-8-19(9-7-18)20-10-12-21(13-11-20)22(29)16-25-28-27-24(31-25)15-17-4-2-1-3-5-17/h1-5,10-13,18-19H,6-9,14-16H2,(H2,26,30). The van der Waals surface area contributed by atoms with Crippen molar-refractivity contribution in [2.24, 2.45) is 11.7 Å². The average Bonchev–Trinajstić information content (AvgIpc) is 3.21. The summed E-state index contributed by atoms with van der Waals surface area (Å²) in [5.41, 5.74) is 8.50. The maximum absolute atomic E-state index is 12.7. The van der Waals surface area contributed by atoms with E-state index in [0.29, 0.717) is 23.8 Å². The number of aromatic nitrogens is 2. The summed E-state index contributed by atoms with van der Waals surface area (Å²) in [7, 11) is 0. The summed E-state index contributed by atoms with van der Waals surface area (Å²) in [6.07, 6.45) is 5.74. The van der Waals surface area contributed by atoms with Gasteiger partial charge in [-0.3, -0.25) is 9.59 Å². The Kier molecular flexibility index (Phi) is 6.87. The molecule has 4 rings (SSSR count). The van der Waals surface area contributed by atoms with E-state index in [1.165, 1.54) is 22.5 Å². The molecule has 1 aromatic heterocycles. The molecule has 1 amide bonds. The molecular weight excluding hydrogens is 406 g/mol. The fourth-order valence-corrected chi connectivity index (χ4v) is 5.24. The van der Waals surface area contributed by atoms with Gasteiger partial charge in [-0.25, -0.2) is 0 Å². The van der Waals surface area contributed by atoms with Crippen LogP contribution < -0.4 is 5.73 Å². The lowest BCUT2D eigenvalue weighted by Crippen LogP contribution is -2.20. The van der Waals surface area contributed by atoms with Gasteiger partial charge in [0.2, 0.25) is 5.91 Å². The van der Waals surface area contributed by atoms with Crippen molar-refractivity contribution in [3.05, 3.63) is 81.3 Å². The number of nitrogens with two attached hydrogens (primary N) is 1. The zero-order valence-electron chi connectivity index (χ0n) is 17.5. The van der Waals surface area contributed by atoms with E-state index in [1.54, 1.807) is 0 Å². The molecule has 1 aliphatic rings. The number of carbonyl (C=O) groups is 2. The molecule has 0 atom stereocenters. The molecule has 1 fully saturated rings. The molecule has 1 heterocycles. The zero-order valence-corrected chi connectivity index (χ0v) is 18.3. The summed E-state index contributed by atoms with van der Waals surface area (Å²) in [5, 5.41) is 10.1. The second-order valence-corrected chi connectivity index (χ2v) is 9.51. The van der Waals surface area contributed by atoms with Crippen molar-refractivity contribution < 1.29 is 9.59 Å². The van der Waals surface area contributed by atoms with E-state index in [0.717, 1.165) is 42.1 Å². The fraction of sp³-hybridized carbons (Fsp3) is 0.360. The predicted molar refractivity (Wildman–Crippen MR) is 122 cm³/mol. The summed E-state index contributed by atoms with van der Waals surface area (Å²) >= 11 is 1.50. The number of hydrogen-bond acceptors (Lipinski definition) is 5. The normalized spacial score (nSPS) is 18.6. The molecule has 0 spiro atoms. The Balaban J connectivity index is 1.31. The average molecular weight is 434 g/mol. The quantitative estimate of drug-likeness (QED) is 0.522. The van der Waals surface area contributed by atoms with E-state index in [1.807, 2.05) is 30.3 Å². The van der Waals surface area contributed by atoms with Gasteiger partial charge in [-0.15, -0.1) is 21.5 Å².